The predicted molar refractivity (Wildman–Crippen MR) is 167 cm³/mol. The Bertz CT molecular complexity index is 1690. The highest BCUT2D eigenvalue weighted by Gasteiger charge is 2.16. The summed E-state index contributed by atoms with van der Waals surface area (Å²) in [4.78, 5) is 18.9. The Hall–Kier alpha value is -5.22. The second-order valence-electron chi connectivity index (χ2n) is 10.0. The van der Waals surface area contributed by atoms with Gasteiger partial charge in [0, 0.05) is 25.3 Å². The Kier molecular flexibility index (Phi) is 6.27. The molecular weight excluding hydrogens is 488 g/mol. The van der Waals surface area contributed by atoms with Gasteiger partial charge in [0.1, 0.15) is 0 Å². The average Bonchev–Trinajstić information content (AvgIpc) is 3.65. The molecule has 40 heavy (non-hydrogen) atoms. The van der Waals surface area contributed by atoms with Crippen molar-refractivity contribution in [2.24, 2.45) is 20.0 Å². The van der Waals surface area contributed by atoms with E-state index in [1.165, 1.54) is 11.1 Å². The van der Waals surface area contributed by atoms with Gasteiger partial charge in [0.2, 0.25) is 0 Å². The van der Waals surface area contributed by atoms with E-state index in [4.69, 9.17) is 9.98 Å². The molecular formula is C36H26N4. The average molecular weight is 515 g/mol. The topological polar surface area (TPSA) is 49.4 Å². The maximum absolute atomic E-state index is 4.79. The zero-order chi connectivity index (χ0) is 26.7. The number of fused-ring (bicyclic) bond motifs is 2. The highest BCUT2D eigenvalue weighted by atomic mass is 14.8. The van der Waals surface area contributed by atoms with Crippen LogP contribution in [0.1, 0.15) is 33.4 Å². The van der Waals surface area contributed by atoms with Gasteiger partial charge < -0.3 is 0 Å². The monoisotopic (exact) mass is 514 g/mol. The lowest BCUT2D eigenvalue weighted by atomic mass is 10.0. The lowest BCUT2D eigenvalue weighted by Gasteiger charge is -2.02. The van der Waals surface area contributed by atoms with Crippen LogP contribution in [0, 0.1) is 0 Å². The quantitative estimate of drug-likeness (QED) is 0.204. The summed E-state index contributed by atoms with van der Waals surface area (Å²) in [5.74, 6) is 0. The standard InChI is InChI=1S/C36H26N4/c1-3-10-33-29(6-1)20-35(39-33)27-16-12-25(13-17-27)23-37-31-8-5-9-32(22-31)38-24-26-14-18-28(19-15-26)36-21-30-7-2-4-11-34(30)40-36/h1-19,22-24H,20-21H2. The van der Waals surface area contributed by atoms with Crippen LogP contribution in [0.3, 0.4) is 0 Å². The van der Waals surface area contributed by atoms with E-state index in [2.05, 4.69) is 94.9 Å². The minimum absolute atomic E-state index is 0.864. The zero-order valence-corrected chi connectivity index (χ0v) is 21.9. The summed E-state index contributed by atoms with van der Waals surface area (Å²) in [7, 11) is 0. The molecule has 0 amide bonds. The second kappa shape index (κ2) is 10.5. The highest BCUT2D eigenvalue weighted by Crippen LogP contribution is 2.29. The number of hydrogen-bond donors (Lipinski definition) is 0. The fourth-order valence-electron chi connectivity index (χ4n) is 5.08. The molecule has 0 bridgehead atoms. The number of aliphatic imine (C=N–C) groups is 4. The van der Waals surface area contributed by atoms with E-state index < -0.39 is 0 Å². The third-order valence-electron chi connectivity index (χ3n) is 7.25. The summed E-state index contributed by atoms with van der Waals surface area (Å²) in [5, 5.41) is 0. The van der Waals surface area contributed by atoms with Crippen molar-refractivity contribution in [3.8, 4) is 0 Å². The largest absolute Gasteiger partial charge is 0.256 e. The molecule has 0 N–H and O–H groups in total. The van der Waals surface area contributed by atoms with Gasteiger partial charge in [-0.2, -0.15) is 0 Å². The van der Waals surface area contributed by atoms with Crippen LogP contribution in [0.5, 0.6) is 0 Å². The number of para-hydroxylation sites is 2. The molecule has 0 saturated carbocycles. The molecule has 190 valence electrons. The summed E-state index contributed by atoms with van der Waals surface area (Å²) in [6.07, 6.45) is 5.54. The van der Waals surface area contributed by atoms with Gasteiger partial charge in [-0.3, -0.25) is 20.0 Å². The summed E-state index contributed by atoms with van der Waals surface area (Å²) < 4.78 is 0. The molecule has 0 radical (unpaired) electrons. The SMILES string of the molecule is C(=Nc1cccc(N=Cc2ccc(C3=Nc4ccccc4C3)cc2)c1)c1ccc(C2=Nc3ccccc3C2)cc1. The van der Waals surface area contributed by atoms with Crippen LogP contribution in [0.4, 0.5) is 22.7 Å². The van der Waals surface area contributed by atoms with Gasteiger partial charge in [0.25, 0.3) is 0 Å². The molecule has 0 aromatic heterocycles. The molecule has 0 fully saturated rings. The number of rotatable bonds is 6. The van der Waals surface area contributed by atoms with E-state index in [1.54, 1.807) is 0 Å². The highest BCUT2D eigenvalue weighted by molar-refractivity contribution is 6.07. The Labute approximate surface area is 233 Å². The van der Waals surface area contributed by atoms with Crippen molar-refractivity contribution in [1.29, 1.82) is 0 Å². The molecule has 2 aliphatic heterocycles. The predicted octanol–water partition coefficient (Wildman–Crippen LogP) is 8.54. The first kappa shape index (κ1) is 23.9. The Morgan fingerprint density at radius 3 is 1.38 bits per heavy atom. The van der Waals surface area contributed by atoms with Gasteiger partial charge in [0.15, 0.2) is 0 Å². The van der Waals surface area contributed by atoms with Crippen molar-refractivity contribution in [2.45, 2.75) is 12.8 Å². The fraction of sp³-hybridized carbons (Fsp3) is 0.0556. The minimum Gasteiger partial charge on any atom is -0.256 e. The van der Waals surface area contributed by atoms with E-state index in [-0.39, 0.29) is 0 Å². The van der Waals surface area contributed by atoms with E-state index in [0.717, 1.165) is 69.3 Å². The second-order valence-corrected chi connectivity index (χ2v) is 10.0. The first-order valence-corrected chi connectivity index (χ1v) is 13.5. The van der Waals surface area contributed by atoms with Crippen molar-refractivity contribution < 1.29 is 0 Å². The van der Waals surface area contributed by atoms with E-state index in [9.17, 15) is 0 Å². The van der Waals surface area contributed by atoms with Gasteiger partial charge in [-0.1, -0.05) is 91.0 Å². The molecule has 0 aliphatic carbocycles. The Morgan fingerprint density at radius 2 is 0.925 bits per heavy atom. The Balaban J connectivity index is 0.995. The molecule has 4 heteroatoms. The summed E-state index contributed by atoms with van der Waals surface area (Å²) >= 11 is 0. The lowest BCUT2D eigenvalue weighted by molar-refractivity contribution is 1.39. The fourth-order valence-corrected chi connectivity index (χ4v) is 5.08. The van der Waals surface area contributed by atoms with Crippen molar-refractivity contribution in [2.75, 3.05) is 0 Å². The van der Waals surface area contributed by atoms with Crippen LogP contribution in [0.25, 0.3) is 0 Å². The molecule has 2 aliphatic rings. The lowest BCUT2D eigenvalue weighted by Crippen LogP contribution is -2.00. The van der Waals surface area contributed by atoms with E-state index in [1.807, 2.05) is 48.8 Å². The van der Waals surface area contributed by atoms with Crippen molar-refractivity contribution in [3.05, 3.63) is 155 Å². The molecule has 2 heterocycles. The molecule has 7 rings (SSSR count). The first-order chi connectivity index (χ1) is 19.8. The molecule has 5 aromatic rings. The molecule has 0 spiro atoms. The van der Waals surface area contributed by atoms with Crippen molar-refractivity contribution >= 4 is 46.6 Å². The van der Waals surface area contributed by atoms with Crippen LogP contribution in [0.15, 0.2) is 141 Å². The van der Waals surface area contributed by atoms with Crippen LogP contribution < -0.4 is 0 Å². The van der Waals surface area contributed by atoms with Crippen LogP contribution in [-0.4, -0.2) is 23.9 Å². The number of hydrogen-bond acceptors (Lipinski definition) is 4. The van der Waals surface area contributed by atoms with Crippen LogP contribution >= 0.6 is 0 Å². The van der Waals surface area contributed by atoms with Crippen molar-refractivity contribution in [3.63, 3.8) is 0 Å². The van der Waals surface area contributed by atoms with Gasteiger partial charge in [0.05, 0.1) is 34.2 Å². The number of nitrogens with zero attached hydrogens (tertiary/aromatic N) is 4. The zero-order valence-electron chi connectivity index (χ0n) is 21.9. The van der Waals surface area contributed by atoms with Gasteiger partial charge in [-0.05, 0) is 63.7 Å². The summed E-state index contributed by atoms with van der Waals surface area (Å²) in [6, 6.07) is 41.4. The minimum atomic E-state index is 0.864. The maximum Gasteiger partial charge on any atom is 0.0669 e. The molecule has 0 saturated heterocycles. The summed E-state index contributed by atoms with van der Waals surface area (Å²) in [6.45, 7) is 0. The molecule has 0 atom stereocenters. The van der Waals surface area contributed by atoms with Gasteiger partial charge >= 0.3 is 0 Å². The first-order valence-electron chi connectivity index (χ1n) is 13.5. The molecule has 4 nitrogen and oxygen atoms in total. The van der Waals surface area contributed by atoms with E-state index in [0.29, 0.717) is 0 Å². The maximum atomic E-state index is 4.79. The summed E-state index contributed by atoms with van der Waals surface area (Å²) in [5.41, 5.74) is 13.1. The van der Waals surface area contributed by atoms with E-state index >= 15 is 0 Å². The molecule has 0 unspecified atom stereocenters. The van der Waals surface area contributed by atoms with Crippen molar-refractivity contribution in [1.82, 2.24) is 0 Å². The van der Waals surface area contributed by atoms with Gasteiger partial charge in [-0.25, -0.2) is 0 Å². The normalized spacial score (nSPS) is 13.9. The third-order valence-corrected chi connectivity index (χ3v) is 7.25. The van der Waals surface area contributed by atoms with Crippen LogP contribution in [0.2, 0.25) is 0 Å². The smallest absolute Gasteiger partial charge is 0.0669 e. The number of benzene rings is 5. The Morgan fingerprint density at radius 1 is 0.475 bits per heavy atom. The molecule has 5 aromatic carbocycles. The van der Waals surface area contributed by atoms with Gasteiger partial charge in [-0.15, -0.1) is 0 Å². The third kappa shape index (κ3) is 5.07. The van der Waals surface area contributed by atoms with Crippen LogP contribution in [-0.2, 0) is 12.8 Å².